The van der Waals surface area contributed by atoms with E-state index in [0.717, 1.165) is 49.5 Å². The molecule has 0 bridgehead atoms. The van der Waals surface area contributed by atoms with Gasteiger partial charge in [0, 0.05) is 25.0 Å². The van der Waals surface area contributed by atoms with Crippen molar-refractivity contribution in [2.75, 3.05) is 31.2 Å². The van der Waals surface area contributed by atoms with Crippen LogP contribution in [0.2, 0.25) is 0 Å². The lowest BCUT2D eigenvalue weighted by atomic mass is 10.2. The fourth-order valence-corrected chi connectivity index (χ4v) is 3.07. The largest absolute Gasteiger partial charge is 0.486 e. The van der Waals surface area contributed by atoms with Crippen molar-refractivity contribution >= 4 is 11.6 Å². The Labute approximate surface area is 124 Å². The van der Waals surface area contributed by atoms with Gasteiger partial charge in [0.15, 0.2) is 11.5 Å². The summed E-state index contributed by atoms with van der Waals surface area (Å²) >= 11 is 0. The summed E-state index contributed by atoms with van der Waals surface area (Å²) in [4.78, 5) is 14.1. The van der Waals surface area contributed by atoms with Crippen molar-refractivity contribution in [1.82, 2.24) is 5.32 Å². The van der Waals surface area contributed by atoms with E-state index in [4.69, 9.17) is 9.47 Å². The number of para-hydroxylation sites is 1. The molecule has 1 atom stereocenters. The van der Waals surface area contributed by atoms with Gasteiger partial charge in [-0.1, -0.05) is 6.07 Å². The number of fused-ring (bicyclic) bond motifs is 1. The molecule has 21 heavy (non-hydrogen) atoms. The predicted molar refractivity (Wildman–Crippen MR) is 78.9 cm³/mol. The third-order valence-electron chi connectivity index (χ3n) is 4.37. The standard InChI is InChI=1S/C16H20N2O3/c19-16(11-4-5-11)17-12-6-7-18(10-12)13-2-1-3-14-15(13)21-9-8-20-14/h1-3,11-12H,4-10H2,(H,17,19)/t12-/m0/s1. The maximum atomic E-state index is 11.9. The number of anilines is 1. The highest BCUT2D eigenvalue weighted by molar-refractivity contribution is 5.81. The van der Waals surface area contributed by atoms with Gasteiger partial charge in [-0.3, -0.25) is 4.79 Å². The average molecular weight is 288 g/mol. The van der Waals surface area contributed by atoms with E-state index >= 15 is 0 Å². The number of rotatable bonds is 3. The molecule has 3 aliphatic rings. The van der Waals surface area contributed by atoms with E-state index in [9.17, 15) is 4.79 Å². The number of hydrogen-bond donors (Lipinski definition) is 1. The molecule has 4 rings (SSSR count). The summed E-state index contributed by atoms with van der Waals surface area (Å²) in [5, 5.41) is 3.17. The van der Waals surface area contributed by atoms with Crippen molar-refractivity contribution in [3.05, 3.63) is 18.2 Å². The molecule has 112 valence electrons. The van der Waals surface area contributed by atoms with Crippen LogP contribution in [0.25, 0.3) is 0 Å². The van der Waals surface area contributed by atoms with Crippen LogP contribution in [-0.2, 0) is 4.79 Å². The lowest BCUT2D eigenvalue weighted by Crippen LogP contribution is -2.38. The van der Waals surface area contributed by atoms with Gasteiger partial charge in [0.25, 0.3) is 0 Å². The van der Waals surface area contributed by atoms with E-state index in [-0.39, 0.29) is 17.9 Å². The highest BCUT2D eigenvalue weighted by Crippen LogP contribution is 2.40. The molecule has 0 unspecified atom stereocenters. The molecule has 0 aromatic heterocycles. The van der Waals surface area contributed by atoms with Crippen molar-refractivity contribution in [3.8, 4) is 11.5 Å². The van der Waals surface area contributed by atoms with Gasteiger partial charge in [0.1, 0.15) is 13.2 Å². The van der Waals surface area contributed by atoms with E-state index in [1.54, 1.807) is 0 Å². The maximum Gasteiger partial charge on any atom is 0.223 e. The number of amides is 1. The van der Waals surface area contributed by atoms with Gasteiger partial charge in [-0.2, -0.15) is 0 Å². The molecule has 2 heterocycles. The fourth-order valence-electron chi connectivity index (χ4n) is 3.07. The molecule has 0 radical (unpaired) electrons. The van der Waals surface area contributed by atoms with Crippen LogP contribution >= 0.6 is 0 Å². The summed E-state index contributed by atoms with van der Waals surface area (Å²) in [6.07, 6.45) is 3.10. The topological polar surface area (TPSA) is 50.8 Å². The number of hydrogen-bond acceptors (Lipinski definition) is 4. The van der Waals surface area contributed by atoms with Crippen molar-refractivity contribution in [3.63, 3.8) is 0 Å². The molecule has 1 saturated carbocycles. The summed E-state index contributed by atoms with van der Waals surface area (Å²) in [6.45, 7) is 2.99. The van der Waals surface area contributed by atoms with Gasteiger partial charge in [0.05, 0.1) is 5.69 Å². The first-order valence-corrected chi connectivity index (χ1v) is 7.75. The molecule has 2 aliphatic heterocycles. The maximum absolute atomic E-state index is 11.9. The number of nitrogens with one attached hydrogen (secondary N) is 1. The lowest BCUT2D eigenvalue weighted by Gasteiger charge is -2.26. The molecule has 2 fully saturated rings. The normalized spacial score (nSPS) is 24.0. The Hall–Kier alpha value is -1.91. The second-order valence-electron chi connectivity index (χ2n) is 6.02. The predicted octanol–water partition coefficient (Wildman–Crippen LogP) is 1.56. The zero-order chi connectivity index (χ0) is 14.2. The number of nitrogens with zero attached hydrogens (tertiary/aromatic N) is 1. The summed E-state index contributed by atoms with van der Waals surface area (Å²) in [5.41, 5.74) is 1.08. The highest BCUT2D eigenvalue weighted by atomic mass is 16.6. The Morgan fingerprint density at radius 1 is 1.19 bits per heavy atom. The smallest absolute Gasteiger partial charge is 0.223 e. The van der Waals surface area contributed by atoms with Crippen LogP contribution in [0, 0.1) is 5.92 Å². The van der Waals surface area contributed by atoms with E-state index < -0.39 is 0 Å². The minimum atomic E-state index is 0.233. The quantitative estimate of drug-likeness (QED) is 0.917. The van der Waals surface area contributed by atoms with E-state index in [2.05, 4.69) is 16.3 Å². The Morgan fingerprint density at radius 2 is 2.05 bits per heavy atom. The van der Waals surface area contributed by atoms with Crippen LogP contribution in [0.3, 0.4) is 0 Å². The van der Waals surface area contributed by atoms with Crippen molar-refractivity contribution in [2.45, 2.75) is 25.3 Å². The van der Waals surface area contributed by atoms with Crippen molar-refractivity contribution < 1.29 is 14.3 Å². The third-order valence-corrected chi connectivity index (χ3v) is 4.37. The van der Waals surface area contributed by atoms with Crippen LogP contribution < -0.4 is 19.7 Å². The minimum Gasteiger partial charge on any atom is -0.486 e. The van der Waals surface area contributed by atoms with Gasteiger partial charge in [0.2, 0.25) is 5.91 Å². The van der Waals surface area contributed by atoms with Crippen LogP contribution in [0.15, 0.2) is 18.2 Å². The lowest BCUT2D eigenvalue weighted by molar-refractivity contribution is -0.122. The van der Waals surface area contributed by atoms with Gasteiger partial charge in [-0.25, -0.2) is 0 Å². The summed E-state index contributed by atoms with van der Waals surface area (Å²) in [7, 11) is 0. The molecule has 1 N–H and O–H groups in total. The Kier molecular flexibility index (Phi) is 3.13. The summed E-state index contributed by atoms with van der Waals surface area (Å²) < 4.78 is 11.4. The monoisotopic (exact) mass is 288 g/mol. The highest BCUT2D eigenvalue weighted by Gasteiger charge is 2.33. The van der Waals surface area contributed by atoms with Gasteiger partial charge in [-0.15, -0.1) is 0 Å². The number of benzene rings is 1. The Balaban J connectivity index is 1.46. The summed E-state index contributed by atoms with van der Waals surface area (Å²) in [5.74, 6) is 2.18. The first-order valence-electron chi connectivity index (χ1n) is 7.75. The third kappa shape index (κ3) is 2.52. The number of carbonyl (C=O) groups excluding carboxylic acids is 1. The van der Waals surface area contributed by atoms with Crippen LogP contribution in [0.4, 0.5) is 5.69 Å². The first-order chi connectivity index (χ1) is 10.3. The number of ether oxygens (including phenoxy) is 2. The average Bonchev–Trinajstić information content (AvgIpc) is 3.27. The van der Waals surface area contributed by atoms with Crippen LogP contribution in [-0.4, -0.2) is 38.3 Å². The van der Waals surface area contributed by atoms with E-state index in [1.165, 1.54) is 0 Å². The molecule has 1 aromatic carbocycles. The van der Waals surface area contributed by atoms with Crippen molar-refractivity contribution in [2.24, 2.45) is 5.92 Å². The fraction of sp³-hybridized carbons (Fsp3) is 0.562. The SMILES string of the molecule is O=C(N[C@H]1CCN(c2cccc3c2OCCO3)C1)C1CC1. The summed E-state index contributed by atoms with van der Waals surface area (Å²) in [6, 6.07) is 6.26. The number of carbonyl (C=O) groups is 1. The molecule has 1 aliphatic carbocycles. The molecule has 5 heteroatoms. The molecule has 5 nitrogen and oxygen atoms in total. The van der Waals surface area contributed by atoms with E-state index in [1.807, 2.05) is 12.1 Å². The van der Waals surface area contributed by atoms with Crippen LogP contribution in [0.5, 0.6) is 11.5 Å². The first kappa shape index (κ1) is 12.8. The Bertz CT molecular complexity index is 556. The zero-order valence-electron chi connectivity index (χ0n) is 12.0. The minimum absolute atomic E-state index is 0.233. The van der Waals surface area contributed by atoms with Gasteiger partial charge >= 0.3 is 0 Å². The van der Waals surface area contributed by atoms with Crippen LogP contribution in [0.1, 0.15) is 19.3 Å². The molecular formula is C16H20N2O3. The molecule has 0 spiro atoms. The van der Waals surface area contributed by atoms with Gasteiger partial charge in [-0.05, 0) is 31.4 Å². The molecule has 1 amide bonds. The molecular weight excluding hydrogens is 268 g/mol. The van der Waals surface area contributed by atoms with Gasteiger partial charge < -0.3 is 19.7 Å². The second kappa shape index (κ2) is 5.13. The molecule has 1 saturated heterocycles. The van der Waals surface area contributed by atoms with Crippen molar-refractivity contribution in [1.29, 1.82) is 0 Å². The Morgan fingerprint density at radius 3 is 2.90 bits per heavy atom. The zero-order valence-corrected chi connectivity index (χ0v) is 12.0. The van der Waals surface area contributed by atoms with E-state index in [0.29, 0.717) is 13.2 Å². The second-order valence-corrected chi connectivity index (χ2v) is 6.02. The molecule has 1 aromatic rings.